The lowest BCUT2D eigenvalue weighted by Gasteiger charge is -2.10. The molecule has 1 aromatic heterocycles. The summed E-state index contributed by atoms with van der Waals surface area (Å²) in [4.78, 5) is 8.97. The Kier molecular flexibility index (Phi) is 3.96. The summed E-state index contributed by atoms with van der Waals surface area (Å²) in [7, 11) is 0. The van der Waals surface area contributed by atoms with Crippen molar-refractivity contribution < 1.29 is 0 Å². The van der Waals surface area contributed by atoms with Crippen LogP contribution in [-0.4, -0.2) is 9.97 Å². The van der Waals surface area contributed by atoms with Crippen molar-refractivity contribution in [1.29, 1.82) is 0 Å². The lowest BCUT2D eigenvalue weighted by Crippen LogP contribution is -2.10. The molecule has 0 saturated carbocycles. The molecule has 0 amide bonds. The van der Waals surface area contributed by atoms with E-state index in [4.69, 9.17) is 5.73 Å². The number of rotatable bonds is 3. The first kappa shape index (κ1) is 13.7. The summed E-state index contributed by atoms with van der Waals surface area (Å²) in [5, 5.41) is 0. The van der Waals surface area contributed by atoms with Gasteiger partial charge in [-0.3, -0.25) is 0 Å². The molecule has 1 heterocycles. The van der Waals surface area contributed by atoms with Gasteiger partial charge in [0, 0.05) is 29.9 Å². The Bertz CT molecular complexity index is 589. The van der Waals surface area contributed by atoms with Crippen LogP contribution in [0.15, 0.2) is 24.4 Å². The number of hydrogen-bond donors (Lipinski definition) is 1. The van der Waals surface area contributed by atoms with Gasteiger partial charge in [0.1, 0.15) is 5.82 Å². The predicted octanol–water partition coefficient (Wildman–Crippen LogP) is 3.01. The quantitative estimate of drug-likeness (QED) is 0.917. The Hall–Kier alpha value is -1.74. The maximum atomic E-state index is 5.87. The number of aryl methyl sites for hydroxylation is 3. The topological polar surface area (TPSA) is 51.8 Å². The van der Waals surface area contributed by atoms with Crippen LogP contribution in [0.25, 0.3) is 0 Å². The molecule has 0 fully saturated rings. The van der Waals surface area contributed by atoms with Gasteiger partial charge in [-0.25, -0.2) is 9.97 Å². The molecule has 3 heteroatoms. The number of aromatic nitrogens is 2. The summed E-state index contributed by atoms with van der Waals surface area (Å²) in [5.74, 6) is 0.852. The monoisotopic (exact) mass is 255 g/mol. The highest BCUT2D eigenvalue weighted by molar-refractivity contribution is 5.31. The molecule has 0 radical (unpaired) electrons. The molecule has 1 unspecified atom stereocenters. The van der Waals surface area contributed by atoms with Crippen LogP contribution >= 0.6 is 0 Å². The van der Waals surface area contributed by atoms with Crippen LogP contribution in [0.1, 0.15) is 46.7 Å². The molecular formula is C16H21N3. The zero-order chi connectivity index (χ0) is 14.0. The van der Waals surface area contributed by atoms with Crippen LogP contribution < -0.4 is 5.73 Å². The number of nitrogens with two attached hydrogens (primary N) is 1. The molecule has 1 aromatic carbocycles. The molecule has 0 saturated heterocycles. The highest BCUT2D eigenvalue weighted by Crippen LogP contribution is 2.15. The van der Waals surface area contributed by atoms with Crippen LogP contribution in [0.4, 0.5) is 0 Å². The van der Waals surface area contributed by atoms with Crippen molar-refractivity contribution in [2.24, 2.45) is 5.73 Å². The highest BCUT2D eigenvalue weighted by Gasteiger charge is 2.08. The van der Waals surface area contributed by atoms with E-state index in [0.717, 1.165) is 23.5 Å². The van der Waals surface area contributed by atoms with E-state index < -0.39 is 0 Å². The summed E-state index contributed by atoms with van der Waals surface area (Å²) >= 11 is 0. The average Bonchev–Trinajstić information content (AvgIpc) is 2.33. The maximum absolute atomic E-state index is 5.87. The summed E-state index contributed by atoms with van der Waals surface area (Å²) in [6.07, 6.45) is 2.62. The highest BCUT2D eigenvalue weighted by atomic mass is 14.9. The van der Waals surface area contributed by atoms with E-state index in [1.54, 1.807) is 0 Å². The van der Waals surface area contributed by atoms with Gasteiger partial charge < -0.3 is 5.73 Å². The van der Waals surface area contributed by atoms with E-state index in [1.165, 1.54) is 16.7 Å². The zero-order valence-electron chi connectivity index (χ0n) is 12.1. The summed E-state index contributed by atoms with van der Waals surface area (Å²) in [5.41, 5.74) is 11.7. The van der Waals surface area contributed by atoms with Crippen LogP contribution in [0, 0.1) is 20.8 Å². The molecule has 3 nitrogen and oxygen atoms in total. The summed E-state index contributed by atoms with van der Waals surface area (Å²) in [6, 6.07) is 6.47. The van der Waals surface area contributed by atoms with Crippen LogP contribution in [0.5, 0.6) is 0 Å². The first-order chi connectivity index (χ1) is 8.97. The third-order valence-corrected chi connectivity index (χ3v) is 3.49. The maximum Gasteiger partial charge on any atom is 0.132 e. The number of benzene rings is 1. The molecule has 0 spiro atoms. The van der Waals surface area contributed by atoms with Crippen LogP contribution in [-0.2, 0) is 6.42 Å². The molecule has 0 aliphatic heterocycles. The summed E-state index contributed by atoms with van der Waals surface area (Å²) < 4.78 is 0. The fourth-order valence-corrected chi connectivity index (χ4v) is 2.15. The lowest BCUT2D eigenvalue weighted by atomic mass is 10.0. The van der Waals surface area contributed by atoms with Gasteiger partial charge in [-0.2, -0.15) is 0 Å². The van der Waals surface area contributed by atoms with Gasteiger partial charge in [0.05, 0.1) is 0 Å². The molecule has 100 valence electrons. The second kappa shape index (κ2) is 5.49. The zero-order valence-corrected chi connectivity index (χ0v) is 12.1. The molecule has 0 aliphatic rings. The second-order valence-electron chi connectivity index (χ2n) is 5.21. The van der Waals surface area contributed by atoms with Crippen LogP contribution in [0.2, 0.25) is 0 Å². The van der Waals surface area contributed by atoms with E-state index in [-0.39, 0.29) is 6.04 Å². The van der Waals surface area contributed by atoms with Crippen molar-refractivity contribution in [2.75, 3.05) is 0 Å². The standard InChI is InChI=1S/C16H21N3/c1-10-5-6-14(7-11(10)2)8-16-18-9-15(12(3)17)13(4)19-16/h5-7,9,12H,8,17H2,1-4H3. The number of nitrogens with zero attached hydrogens (tertiary/aromatic N) is 2. The Labute approximate surface area is 114 Å². The van der Waals surface area contributed by atoms with Crippen LogP contribution in [0.3, 0.4) is 0 Å². The first-order valence-electron chi connectivity index (χ1n) is 6.61. The normalized spacial score (nSPS) is 12.5. The Morgan fingerprint density at radius 1 is 1.16 bits per heavy atom. The average molecular weight is 255 g/mol. The second-order valence-corrected chi connectivity index (χ2v) is 5.21. The van der Waals surface area contributed by atoms with Gasteiger partial charge in [-0.1, -0.05) is 18.2 Å². The molecule has 2 rings (SSSR count). The van der Waals surface area contributed by atoms with E-state index in [2.05, 4.69) is 42.0 Å². The van der Waals surface area contributed by atoms with Crippen molar-refractivity contribution in [1.82, 2.24) is 9.97 Å². The fraction of sp³-hybridized carbons (Fsp3) is 0.375. The minimum absolute atomic E-state index is 0.0179. The molecular weight excluding hydrogens is 234 g/mol. The van der Waals surface area contributed by atoms with Gasteiger partial charge >= 0.3 is 0 Å². The van der Waals surface area contributed by atoms with Gasteiger partial charge in [-0.15, -0.1) is 0 Å². The Balaban J connectivity index is 2.24. The molecule has 0 bridgehead atoms. The summed E-state index contributed by atoms with van der Waals surface area (Å²) in [6.45, 7) is 8.19. The molecule has 2 N–H and O–H groups in total. The minimum Gasteiger partial charge on any atom is -0.324 e. The molecule has 1 atom stereocenters. The first-order valence-corrected chi connectivity index (χ1v) is 6.61. The predicted molar refractivity (Wildman–Crippen MR) is 78.1 cm³/mol. The van der Waals surface area contributed by atoms with Crippen molar-refractivity contribution in [3.05, 3.63) is 58.2 Å². The van der Waals surface area contributed by atoms with Gasteiger partial charge in [0.25, 0.3) is 0 Å². The van der Waals surface area contributed by atoms with E-state index >= 15 is 0 Å². The van der Waals surface area contributed by atoms with Gasteiger partial charge in [0.2, 0.25) is 0 Å². The molecule has 2 aromatic rings. The van der Waals surface area contributed by atoms with Crippen molar-refractivity contribution in [3.63, 3.8) is 0 Å². The van der Waals surface area contributed by atoms with Gasteiger partial charge in [-0.05, 0) is 44.4 Å². The van der Waals surface area contributed by atoms with Crippen molar-refractivity contribution >= 4 is 0 Å². The number of hydrogen-bond acceptors (Lipinski definition) is 3. The largest absolute Gasteiger partial charge is 0.324 e. The van der Waals surface area contributed by atoms with E-state index in [0.29, 0.717) is 0 Å². The third-order valence-electron chi connectivity index (χ3n) is 3.49. The Morgan fingerprint density at radius 3 is 2.47 bits per heavy atom. The molecule has 0 aliphatic carbocycles. The van der Waals surface area contributed by atoms with E-state index in [1.807, 2.05) is 20.0 Å². The SMILES string of the molecule is Cc1ccc(Cc2ncc(C(C)N)c(C)n2)cc1C. The van der Waals surface area contributed by atoms with Gasteiger partial charge in [0.15, 0.2) is 0 Å². The van der Waals surface area contributed by atoms with E-state index in [9.17, 15) is 0 Å². The fourth-order valence-electron chi connectivity index (χ4n) is 2.15. The van der Waals surface area contributed by atoms with Crippen molar-refractivity contribution in [2.45, 2.75) is 40.2 Å². The Morgan fingerprint density at radius 2 is 1.89 bits per heavy atom. The molecule has 19 heavy (non-hydrogen) atoms. The third kappa shape index (κ3) is 3.18. The smallest absolute Gasteiger partial charge is 0.132 e. The minimum atomic E-state index is -0.0179. The lowest BCUT2D eigenvalue weighted by molar-refractivity contribution is 0.776. The van der Waals surface area contributed by atoms with Crippen molar-refractivity contribution in [3.8, 4) is 0 Å².